The van der Waals surface area contributed by atoms with Crippen LogP contribution < -0.4 is 15.8 Å². The summed E-state index contributed by atoms with van der Waals surface area (Å²) in [5, 5.41) is 2.82. The number of nitrogen functional groups attached to an aromatic ring is 1. The first-order valence-corrected chi connectivity index (χ1v) is 6.80. The van der Waals surface area contributed by atoms with Crippen LogP contribution in [0.5, 0.6) is 11.8 Å². The standard InChI is InChI=1S/C13H11BrN4O2/c14-10-6-11(15)18-13(17-10)20-8-2-3-9-7(5-8)1-4-12(19)16-9/h2-3,5-6H,1,4H2,(H,16,19)(H2,15,17,18). The summed E-state index contributed by atoms with van der Waals surface area (Å²) in [6, 6.07) is 7.20. The zero-order chi connectivity index (χ0) is 14.1. The fourth-order valence-corrected chi connectivity index (χ4v) is 2.37. The number of benzene rings is 1. The monoisotopic (exact) mass is 334 g/mol. The predicted octanol–water partition coefficient (Wildman–Crippen LogP) is 2.50. The van der Waals surface area contributed by atoms with Gasteiger partial charge in [0.05, 0.1) is 0 Å². The minimum atomic E-state index is 0.0364. The maximum atomic E-state index is 11.3. The zero-order valence-electron chi connectivity index (χ0n) is 10.4. The molecule has 0 unspecified atom stereocenters. The molecular weight excluding hydrogens is 324 g/mol. The maximum absolute atomic E-state index is 11.3. The Hall–Kier alpha value is -2.15. The lowest BCUT2D eigenvalue weighted by atomic mass is 10.0. The molecule has 0 saturated carbocycles. The number of ether oxygens (including phenoxy) is 1. The van der Waals surface area contributed by atoms with E-state index in [-0.39, 0.29) is 11.9 Å². The molecule has 1 aliphatic rings. The van der Waals surface area contributed by atoms with Gasteiger partial charge in [0.25, 0.3) is 0 Å². The number of rotatable bonds is 2. The van der Waals surface area contributed by atoms with Crippen molar-refractivity contribution in [3.05, 3.63) is 34.4 Å². The van der Waals surface area contributed by atoms with E-state index in [1.807, 2.05) is 12.1 Å². The Morgan fingerprint density at radius 2 is 2.10 bits per heavy atom. The van der Waals surface area contributed by atoms with Crippen LogP contribution in [-0.4, -0.2) is 15.9 Å². The van der Waals surface area contributed by atoms with Crippen LogP contribution >= 0.6 is 15.9 Å². The zero-order valence-corrected chi connectivity index (χ0v) is 12.0. The van der Waals surface area contributed by atoms with E-state index in [2.05, 4.69) is 31.2 Å². The molecule has 1 amide bonds. The Bertz CT molecular complexity index is 670. The molecule has 1 aromatic carbocycles. The number of nitrogens with two attached hydrogens (primary N) is 1. The molecule has 0 bridgehead atoms. The lowest BCUT2D eigenvalue weighted by molar-refractivity contribution is -0.116. The van der Waals surface area contributed by atoms with Gasteiger partial charge in [-0.3, -0.25) is 4.79 Å². The molecule has 2 aromatic rings. The van der Waals surface area contributed by atoms with E-state index in [1.165, 1.54) is 0 Å². The van der Waals surface area contributed by atoms with Crippen LogP contribution in [0.3, 0.4) is 0 Å². The highest BCUT2D eigenvalue weighted by Gasteiger charge is 2.15. The number of hydrogen-bond donors (Lipinski definition) is 2. The summed E-state index contributed by atoms with van der Waals surface area (Å²) >= 11 is 3.23. The summed E-state index contributed by atoms with van der Waals surface area (Å²) in [5.41, 5.74) is 7.49. The number of aromatic nitrogens is 2. The average Bonchev–Trinajstić information content (AvgIpc) is 2.38. The summed E-state index contributed by atoms with van der Waals surface area (Å²) in [6.07, 6.45) is 1.18. The Morgan fingerprint density at radius 1 is 1.25 bits per heavy atom. The molecule has 0 aliphatic carbocycles. The molecule has 0 spiro atoms. The molecule has 0 fully saturated rings. The van der Waals surface area contributed by atoms with Crippen molar-refractivity contribution >= 4 is 33.3 Å². The van der Waals surface area contributed by atoms with E-state index in [4.69, 9.17) is 10.5 Å². The largest absolute Gasteiger partial charge is 0.424 e. The SMILES string of the molecule is Nc1cc(Br)nc(Oc2ccc3c(c2)CCC(=O)N3)n1. The summed E-state index contributed by atoms with van der Waals surface area (Å²) in [7, 11) is 0. The molecule has 0 radical (unpaired) electrons. The number of anilines is 2. The third-order valence-corrected chi connectivity index (χ3v) is 3.28. The van der Waals surface area contributed by atoms with Crippen LogP contribution in [0.1, 0.15) is 12.0 Å². The normalized spacial score (nSPS) is 13.6. The second kappa shape index (κ2) is 5.09. The van der Waals surface area contributed by atoms with Gasteiger partial charge in [-0.25, -0.2) is 0 Å². The van der Waals surface area contributed by atoms with Gasteiger partial charge < -0.3 is 15.8 Å². The van der Waals surface area contributed by atoms with Gasteiger partial charge in [-0.05, 0) is 46.1 Å². The van der Waals surface area contributed by atoms with Crippen molar-refractivity contribution in [3.63, 3.8) is 0 Å². The minimum absolute atomic E-state index is 0.0364. The highest BCUT2D eigenvalue weighted by atomic mass is 79.9. The number of amides is 1. The predicted molar refractivity (Wildman–Crippen MR) is 77.6 cm³/mol. The number of carbonyl (C=O) groups is 1. The second-order valence-corrected chi connectivity index (χ2v) is 5.18. The quantitative estimate of drug-likeness (QED) is 0.823. The van der Waals surface area contributed by atoms with Gasteiger partial charge in [0.15, 0.2) is 0 Å². The lowest BCUT2D eigenvalue weighted by Crippen LogP contribution is -2.18. The number of carbonyl (C=O) groups excluding carboxylic acids is 1. The van der Waals surface area contributed by atoms with Crippen LogP contribution in [0.2, 0.25) is 0 Å². The van der Waals surface area contributed by atoms with Crippen molar-refractivity contribution in [1.82, 2.24) is 9.97 Å². The summed E-state index contributed by atoms with van der Waals surface area (Å²) in [6.45, 7) is 0. The molecular formula is C13H11BrN4O2. The second-order valence-electron chi connectivity index (χ2n) is 4.37. The van der Waals surface area contributed by atoms with E-state index in [0.29, 0.717) is 29.0 Å². The fraction of sp³-hybridized carbons (Fsp3) is 0.154. The van der Waals surface area contributed by atoms with E-state index in [0.717, 1.165) is 11.3 Å². The molecule has 3 rings (SSSR count). The third-order valence-electron chi connectivity index (χ3n) is 2.88. The number of aryl methyl sites for hydroxylation is 1. The third kappa shape index (κ3) is 2.72. The summed E-state index contributed by atoms with van der Waals surface area (Å²) < 4.78 is 6.15. The highest BCUT2D eigenvalue weighted by Crippen LogP contribution is 2.29. The fourth-order valence-electron chi connectivity index (χ4n) is 1.99. The van der Waals surface area contributed by atoms with Crippen LogP contribution in [-0.2, 0) is 11.2 Å². The van der Waals surface area contributed by atoms with Crippen LogP contribution in [0.4, 0.5) is 11.5 Å². The smallest absolute Gasteiger partial charge is 0.325 e. The molecule has 2 heterocycles. The van der Waals surface area contributed by atoms with Crippen molar-refractivity contribution in [3.8, 4) is 11.8 Å². The minimum Gasteiger partial charge on any atom is -0.424 e. The van der Waals surface area contributed by atoms with Gasteiger partial charge in [0.2, 0.25) is 5.91 Å². The Morgan fingerprint density at radius 3 is 2.90 bits per heavy atom. The molecule has 102 valence electrons. The number of nitrogens with one attached hydrogen (secondary N) is 1. The van der Waals surface area contributed by atoms with Gasteiger partial charge >= 0.3 is 6.01 Å². The number of nitrogens with zero attached hydrogens (tertiary/aromatic N) is 2. The van der Waals surface area contributed by atoms with E-state index >= 15 is 0 Å². The van der Waals surface area contributed by atoms with Gasteiger partial charge in [-0.2, -0.15) is 9.97 Å². The van der Waals surface area contributed by atoms with Gasteiger partial charge in [-0.15, -0.1) is 0 Å². The van der Waals surface area contributed by atoms with Crippen LogP contribution in [0.15, 0.2) is 28.9 Å². The molecule has 0 saturated heterocycles. The van der Waals surface area contributed by atoms with Crippen molar-refractivity contribution in [1.29, 1.82) is 0 Å². The van der Waals surface area contributed by atoms with Gasteiger partial charge in [0, 0.05) is 18.2 Å². The number of hydrogen-bond acceptors (Lipinski definition) is 5. The van der Waals surface area contributed by atoms with Crippen LogP contribution in [0.25, 0.3) is 0 Å². The maximum Gasteiger partial charge on any atom is 0.325 e. The Balaban J connectivity index is 1.86. The van der Waals surface area contributed by atoms with Gasteiger partial charge in [-0.1, -0.05) is 0 Å². The first kappa shape index (κ1) is 12.9. The number of halogens is 1. The van der Waals surface area contributed by atoms with Crippen molar-refractivity contribution in [2.24, 2.45) is 0 Å². The Kier molecular flexibility index (Phi) is 3.27. The molecule has 20 heavy (non-hydrogen) atoms. The van der Waals surface area contributed by atoms with E-state index in [9.17, 15) is 4.79 Å². The average molecular weight is 335 g/mol. The topological polar surface area (TPSA) is 90.1 Å². The molecule has 7 heteroatoms. The van der Waals surface area contributed by atoms with Crippen molar-refractivity contribution < 1.29 is 9.53 Å². The van der Waals surface area contributed by atoms with Crippen LogP contribution in [0, 0.1) is 0 Å². The van der Waals surface area contributed by atoms with Crippen molar-refractivity contribution in [2.45, 2.75) is 12.8 Å². The Labute approximate surface area is 123 Å². The molecule has 1 aromatic heterocycles. The number of fused-ring (bicyclic) bond motifs is 1. The summed E-state index contributed by atoms with van der Waals surface area (Å²) in [5.74, 6) is 0.971. The molecule has 3 N–H and O–H groups in total. The molecule has 0 atom stereocenters. The first-order chi connectivity index (χ1) is 9.60. The first-order valence-electron chi connectivity index (χ1n) is 6.01. The summed E-state index contributed by atoms with van der Waals surface area (Å²) in [4.78, 5) is 19.4. The van der Waals surface area contributed by atoms with E-state index in [1.54, 1.807) is 12.1 Å². The highest BCUT2D eigenvalue weighted by molar-refractivity contribution is 9.10. The van der Waals surface area contributed by atoms with Gasteiger partial charge in [0.1, 0.15) is 16.2 Å². The lowest BCUT2D eigenvalue weighted by Gasteiger charge is -2.17. The molecule has 6 nitrogen and oxygen atoms in total. The van der Waals surface area contributed by atoms with E-state index < -0.39 is 0 Å². The van der Waals surface area contributed by atoms with Crippen molar-refractivity contribution in [2.75, 3.05) is 11.1 Å². The molecule has 1 aliphatic heterocycles.